The molecule has 0 bridgehead atoms. The van der Waals surface area contributed by atoms with Gasteiger partial charge < -0.3 is 10.2 Å². The second-order valence-electron chi connectivity index (χ2n) is 5.49. The molecule has 2 amide bonds. The standard InChI is InChI=1S/C17H18N2O2S2/c1-12(9-13-5-4-8-22-13)18-16(20)10-19-14-6-2-3-7-15(14)23-11-17(19)21/h2-8,12H,9-11H2,1H3,(H,18,20). The molecule has 1 atom stereocenters. The Balaban J connectivity index is 1.62. The van der Waals surface area contributed by atoms with Crippen molar-refractivity contribution in [3.05, 3.63) is 46.7 Å². The Morgan fingerprint density at radius 1 is 1.30 bits per heavy atom. The van der Waals surface area contributed by atoms with E-state index in [0.29, 0.717) is 5.75 Å². The number of thioether (sulfide) groups is 1. The molecular formula is C17H18N2O2S2. The fraction of sp³-hybridized carbons (Fsp3) is 0.294. The van der Waals surface area contributed by atoms with Crippen molar-refractivity contribution in [2.45, 2.75) is 24.3 Å². The zero-order chi connectivity index (χ0) is 16.2. The molecule has 2 aromatic rings. The predicted octanol–water partition coefficient (Wildman–Crippen LogP) is 2.93. The number of benzene rings is 1. The lowest BCUT2D eigenvalue weighted by atomic mass is 10.2. The highest BCUT2D eigenvalue weighted by Crippen LogP contribution is 2.34. The molecular weight excluding hydrogens is 328 g/mol. The van der Waals surface area contributed by atoms with Gasteiger partial charge in [-0.2, -0.15) is 0 Å². The van der Waals surface area contributed by atoms with Crippen LogP contribution in [0.2, 0.25) is 0 Å². The number of hydrogen-bond acceptors (Lipinski definition) is 4. The van der Waals surface area contributed by atoms with E-state index in [1.54, 1.807) is 16.2 Å². The third-order valence-electron chi connectivity index (χ3n) is 3.60. The summed E-state index contributed by atoms with van der Waals surface area (Å²) in [5.41, 5.74) is 0.829. The van der Waals surface area contributed by atoms with Gasteiger partial charge in [0.2, 0.25) is 11.8 Å². The van der Waals surface area contributed by atoms with E-state index < -0.39 is 0 Å². The highest BCUT2D eigenvalue weighted by molar-refractivity contribution is 8.00. The molecule has 2 heterocycles. The molecule has 3 rings (SSSR count). The zero-order valence-corrected chi connectivity index (χ0v) is 14.5. The normalized spacial score (nSPS) is 15.2. The van der Waals surface area contributed by atoms with Crippen LogP contribution in [0.5, 0.6) is 0 Å². The fourth-order valence-corrected chi connectivity index (χ4v) is 4.34. The second kappa shape index (κ2) is 7.19. The van der Waals surface area contributed by atoms with Crippen LogP contribution in [0.15, 0.2) is 46.7 Å². The van der Waals surface area contributed by atoms with Crippen molar-refractivity contribution in [2.75, 3.05) is 17.2 Å². The van der Waals surface area contributed by atoms with Gasteiger partial charge in [-0.3, -0.25) is 9.59 Å². The van der Waals surface area contributed by atoms with Gasteiger partial charge in [0.1, 0.15) is 6.54 Å². The summed E-state index contributed by atoms with van der Waals surface area (Å²) in [5, 5.41) is 5.02. The minimum absolute atomic E-state index is 0.0187. The van der Waals surface area contributed by atoms with Crippen LogP contribution in [0, 0.1) is 0 Å². The van der Waals surface area contributed by atoms with Crippen molar-refractivity contribution in [2.24, 2.45) is 0 Å². The minimum atomic E-state index is -0.121. The third-order valence-corrected chi connectivity index (χ3v) is 5.55. The highest BCUT2D eigenvalue weighted by atomic mass is 32.2. The third kappa shape index (κ3) is 3.95. The van der Waals surface area contributed by atoms with Crippen LogP contribution in [0.1, 0.15) is 11.8 Å². The maximum absolute atomic E-state index is 12.3. The molecule has 0 saturated heterocycles. The summed E-state index contributed by atoms with van der Waals surface area (Å²) in [6.45, 7) is 2.06. The maximum atomic E-state index is 12.3. The first kappa shape index (κ1) is 16.1. The molecule has 23 heavy (non-hydrogen) atoms. The first-order chi connectivity index (χ1) is 11.1. The van der Waals surface area contributed by atoms with Crippen LogP contribution in [-0.2, 0) is 16.0 Å². The van der Waals surface area contributed by atoms with Crippen molar-refractivity contribution >= 4 is 40.6 Å². The number of thiophene rings is 1. The van der Waals surface area contributed by atoms with Crippen molar-refractivity contribution < 1.29 is 9.59 Å². The number of para-hydroxylation sites is 1. The van der Waals surface area contributed by atoms with E-state index in [1.165, 1.54) is 16.6 Å². The summed E-state index contributed by atoms with van der Waals surface area (Å²) in [6, 6.07) is 11.8. The summed E-state index contributed by atoms with van der Waals surface area (Å²) in [4.78, 5) is 28.3. The number of carbonyl (C=O) groups is 2. The lowest BCUT2D eigenvalue weighted by Crippen LogP contribution is -2.45. The quantitative estimate of drug-likeness (QED) is 0.906. The maximum Gasteiger partial charge on any atom is 0.240 e. The van der Waals surface area contributed by atoms with Gasteiger partial charge in [-0.15, -0.1) is 23.1 Å². The van der Waals surface area contributed by atoms with E-state index in [4.69, 9.17) is 0 Å². The van der Waals surface area contributed by atoms with Gasteiger partial charge >= 0.3 is 0 Å². The summed E-state index contributed by atoms with van der Waals surface area (Å²) in [6.07, 6.45) is 0.809. The molecule has 0 fully saturated rings. The van der Waals surface area contributed by atoms with E-state index >= 15 is 0 Å². The molecule has 0 radical (unpaired) electrons. The number of nitrogens with one attached hydrogen (secondary N) is 1. The Kier molecular flexibility index (Phi) is 5.03. The van der Waals surface area contributed by atoms with Crippen LogP contribution in [0.4, 0.5) is 5.69 Å². The van der Waals surface area contributed by atoms with Crippen LogP contribution >= 0.6 is 23.1 Å². The highest BCUT2D eigenvalue weighted by Gasteiger charge is 2.26. The van der Waals surface area contributed by atoms with Crippen LogP contribution < -0.4 is 10.2 Å². The van der Waals surface area contributed by atoms with Gasteiger partial charge in [0.15, 0.2) is 0 Å². The lowest BCUT2D eigenvalue weighted by molar-refractivity contribution is -0.123. The predicted molar refractivity (Wildman–Crippen MR) is 95.1 cm³/mol. The average molecular weight is 346 g/mol. The number of rotatable bonds is 5. The second-order valence-corrected chi connectivity index (χ2v) is 7.54. The largest absolute Gasteiger partial charge is 0.352 e. The minimum Gasteiger partial charge on any atom is -0.352 e. The average Bonchev–Trinajstić information content (AvgIpc) is 3.03. The van der Waals surface area contributed by atoms with E-state index in [9.17, 15) is 9.59 Å². The topological polar surface area (TPSA) is 49.4 Å². The van der Waals surface area contributed by atoms with E-state index in [-0.39, 0.29) is 24.4 Å². The SMILES string of the molecule is CC(Cc1cccs1)NC(=O)CN1C(=O)CSc2ccccc21. The Morgan fingerprint density at radius 3 is 2.91 bits per heavy atom. The summed E-state index contributed by atoms with van der Waals surface area (Å²) >= 11 is 3.21. The number of anilines is 1. The number of hydrogen-bond donors (Lipinski definition) is 1. The van der Waals surface area contributed by atoms with Crippen molar-refractivity contribution in [1.82, 2.24) is 5.32 Å². The molecule has 1 aliphatic rings. The van der Waals surface area contributed by atoms with Gasteiger partial charge in [-0.25, -0.2) is 0 Å². The fourth-order valence-electron chi connectivity index (χ4n) is 2.57. The smallest absolute Gasteiger partial charge is 0.240 e. The number of fused-ring (bicyclic) bond motifs is 1. The van der Waals surface area contributed by atoms with E-state index in [1.807, 2.05) is 42.6 Å². The van der Waals surface area contributed by atoms with Gasteiger partial charge in [0.25, 0.3) is 0 Å². The van der Waals surface area contributed by atoms with Crippen LogP contribution in [0.25, 0.3) is 0 Å². The number of carbonyl (C=O) groups excluding carboxylic acids is 2. The summed E-state index contributed by atoms with van der Waals surface area (Å²) < 4.78 is 0. The summed E-state index contributed by atoms with van der Waals surface area (Å²) in [5.74, 6) is 0.244. The molecule has 4 nitrogen and oxygen atoms in total. The molecule has 0 saturated carbocycles. The molecule has 1 unspecified atom stereocenters. The Labute approximate surface area is 143 Å². The number of amides is 2. The van der Waals surface area contributed by atoms with Crippen molar-refractivity contribution in [3.63, 3.8) is 0 Å². The van der Waals surface area contributed by atoms with E-state index in [2.05, 4.69) is 11.4 Å². The van der Waals surface area contributed by atoms with Gasteiger partial charge in [-0.1, -0.05) is 18.2 Å². The molecule has 0 aliphatic carbocycles. The zero-order valence-electron chi connectivity index (χ0n) is 12.8. The molecule has 0 spiro atoms. The van der Waals surface area contributed by atoms with Crippen molar-refractivity contribution in [3.8, 4) is 0 Å². The molecule has 1 aliphatic heterocycles. The number of nitrogens with zero attached hydrogens (tertiary/aromatic N) is 1. The van der Waals surface area contributed by atoms with Gasteiger partial charge in [0, 0.05) is 22.2 Å². The molecule has 1 aromatic carbocycles. The van der Waals surface area contributed by atoms with E-state index in [0.717, 1.165) is 17.0 Å². The van der Waals surface area contributed by atoms with Crippen LogP contribution in [0.3, 0.4) is 0 Å². The van der Waals surface area contributed by atoms with Gasteiger partial charge in [0.05, 0.1) is 11.4 Å². The lowest BCUT2D eigenvalue weighted by Gasteiger charge is -2.28. The Hall–Kier alpha value is -1.79. The Morgan fingerprint density at radius 2 is 2.13 bits per heavy atom. The monoisotopic (exact) mass is 346 g/mol. The first-order valence-corrected chi connectivity index (χ1v) is 9.34. The molecule has 6 heteroatoms. The molecule has 120 valence electrons. The van der Waals surface area contributed by atoms with Gasteiger partial charge in [-0.05, 0) is 30.5 Å². The molecule has 1 aromatic heterocycles. The van der Waals surface area contributed by atoms with Crippen LogP contribution in [-0.4, -0.2) is 30.2 Å². The molecule has 1 N–H and O–H groups in total. The summed E-state index contributed by atoms with van der Waals surface area (Å²) in [7, 11) is 0. The first-order valence-electron chi connectivity index (χ1n) is 7.47. The Bertz CT molecular complexity index is 700. The van der Waals surface area contributed by atoms with Crippen molar-refractivity contribution in [1.29, 1.82) is 0 Å².